The van der Waals surface area contributed by atoms with Crippen molar-refractivity contribution in [2.45, 2.75) is 19.4 Å². The molecule has 0 saturated heterocycles. The van der Waals surface area contributed by atoms with Crippen molar-refractivity contribution in [3.05, 3.63) is 57.9 Å². The Balaban J connectivity index is 1.89. The largest absolute Gasteiger partial charge is 0.465 e. The molecule has 0 aliphatic heterocycles. The van der Waals surface area contributed by atoms with Crippen LogP contribution in [0.4, 0.5) is 4.39 Å². The molecule has 21 heavy (non-hydrogen) atoms. The fraction of sp³-hybridized carbons (Fsp3) is 0.231. The topological polar surface area (TPSA) is 82.6 Å². The molecule has 1 unspecified atom stereocenters. The van der Waals surface area contributed by atoms with Crippen molar-refractivity contribution >= 4 is 5.52 Å². The summed E-state index contributed by atoms with van der Waals surface area (Å²) in [6, 6.07) is 1.84. The minimum absolute atomic E-state index is 0.0779. The molecule has 0 bridgehead atoms. The highest BCUT2D eigenvalue weighted by molar-refractivity contribution is 5.62. The van der Waals surface area contributed by atoms with E-state index in [1.54, 1.807) is 10.7 Å². The van der Waals surface area contributed by atoms with Gasteiger partial charge >= 0.3 is 0 Å². The lowest BCUT2D eigenvalue weighted by Crippen LogP contribution is -2.21. The molecule has 1 aliphatic carbocycles. The van der Waals surface area contributed by atoms with E-state index in [0.717, 1.165) is 11.6 Å². The number of aromatic nitrogens is 3. The van der Waals surface area contributed by atoms with Crippen LogP contribution >= 0.6 is 0 Å². The lowest BCUT2D eigenvalue weighted by atomic mass is 10.1. The summed E-state index contributed by atoms with van der Waals surface area (Å²) < 4.78 is 21.1. The smallest absolute Gasteiger partial charge is 0.268 e. The summed E-state index contributed by atoms with van der Waals surface area (Å²) in [5.74, 6) is -0.441. The second kappa shape index (κ2) is 4.97. The predicted molar refractivity (Wildman–Crippen MR) is 71.0 cm³/mol. The van der Waals surface area contributed by atoms with Gasteiger partial charge in [-0.25, -0.2) is 8.91 Å². The van der Waals surface area contributed by atoms with E-state index in [4.69, 9.17) is 4.74 Å². The maximum absolute atomic E-state index is 13.9. The molecule has 0 radical (unpaired) electrons. The van der Waals surface area contributed by atoms with Crippen LogP contribution in [-0.4, -0.2) is 25.6 Å². The van der Waals surface area contributed by atoms with E-state index in [2.05, 4.69) is 10.1 Å². The lowest BCUT2D eigenvalue weighted by molar-refractivity contribution is -0.419. The van der Waals surface area contributed by atoms with Crippen LogP contribution in [0.1, 0.15) is 12.0 Å². The van der Waals surface area contributed by atoms with Crippen molar-refractivity contribution < 1.29 is 14.1 Å². The van der Waals surface area contributed by atoms with Gasteiger partial charge in [0.15, 0.2) is 6.10 Å². The van der Waals surface area contributed by atoms with Crippen molar-refractivity contribution in [1.82, 2.24) is 14.6 Å². The number of rotatable bonds is 3. The zero-order valence-electron chi connectivity index (χ0n) is 11.1. The summed E-state index contributed by atoms with van der Waals surface area (Å²) in [6.45, 7) is 1.86. The molecule has 0 saturated carbocycles. The molecule has 3 rings (SSSR count). The van der Waals surface area contributed by atoms with Crippen LogP contribution in [0.15, 0.2) is 42.3 Å². The molecule has 0 spiro atoms. The number of aryl methyl sites for hydroxylation is 1. The van der Waals surface area contributed by atoms with Gasteiger partial charge in [-0.15, -0.1) is 0 Å². The van der Waals surface area contributed by atoms with Crippen LogP contribution in [0.5, 0.6) is 5.88 Å². The summed E-state index contributed by atoms with van der Waals surface area (Å²) in [4.78, 5) is 14.0. The van der Waals surface area contributed by atoms with E-state index in [1.807, 2.05) is 13.0 Å². The lowest BCUT2D eigenvalue weighted by Gasteiger charge is -2.18. The van der Waals surface area contributed by atoms with Crippen LogP contribution < -0.4 is 4.74 Å². The van der Waals surface area contributed by atoms with Gasteiger partial charge in [0.05, 0.1) is 11.0 Å². The second-order valence-electron chi connectivity index (χ2n) is 4.61. The zero-order valence-corrected chi connectivity index (χ0v) is 11.1. The summed E-state index contributed by atoms with van der Waals surface area (Å²) in [5.41, 5.74) is 1.28. The average Bonchev–Trinajstić information content (AvgIpc) is 2.83. The Labute approximate surface area is 118 Å². The molecular formula is C13H11FN4O3. The van der Waals surface area contributed by atoms with Crippen LogP contribution in [0.3, 0.4) is 0 Å². The van der Waals surface area contributed by atoms with Crippen LogP contribution in [-0.2, 0) is 0 Å². The fourth-order valence-electron chi connectivity index (χ4n) is 2.16. The van der Waals surface area contributed by atoms with Gasteiger partial charge < -0.3 is 4.74 Å². The van der Waals surface area contributed by atoms with Gasteiger partial charge in [0.25, 0.3) is 5.70 Å². The molecule has 0 aromatic carbocycles. The Morgan fingerprint density at radius 2 is 2.38 bits per heavy atom. The Bertz CT molecular complexity index is 781. The van der Waals surface area contributed by atoms with E-state index >= 15 is 0 Å². The standard InChI is InChI=1S/C13H11FN4O3/c1-8-4-5-17-12(8)13(15-7-16-17)21-11-3-2-9(18(19)20)6-10(11)14/h2,4-7,11H,3H2,1H3. The number of hydrogen-bond donors (Lipinski definition) is 0. The number of nitro groups is 1. The quantitative estimate of drug-likeness (QED) is 0.639. The van der Waals surface area contributed by atoms with E-state index in [1.165, 1.54) is 12.4 Å². The van der Waals surface area contributed by atoms with E-state index in [9.17, 15) is 14.5 Å². The first-order chi connectivity index (χ1) is 10.1. The Hall–Kier alpha value is -2.77. The van der Waals surface area contributed by atoms with Gasteiger partial charge in [0.1, 0.15) is 17.7 Å². The number of ether oxygens (including phenoxy) is 1. The molecule has 2 heterocycles. The van der Waals surface area contributed by atoms with Crippen molar-refractivity contribution in [2.24, 2.45) is 0 Å². The van der Waals surface area contributed by atoms with Crippen molar-refractivity contribution in [2.75, 3.05) is 0 Å². The maximum atomic E-state index is 13.9. The average molecular weight is 290 g/mol. The molecule has 8 heteroatoms. The van der Waals surface area contributed by atoms with Crippen molar-refractivity contribution in [3.63, 3.8) is 0 Å². The third-order valence-electron chi connectivity index (χ3n) is 3.22. The summed E-state index contributed by atoms with van der Waals surface area (Å²) in [5, 5.41) is 14.6. The highest BCUT2D eigenvalue weighted by Crippen LogP contribution is 2.27. The number of fused-ring (bicyclic) bond motifs is 1. The van der Waals surface area contributed by atoms with Crippen LogP contribution in [0.2, 0.25) is 0 Å². The predicted octanol–water partition coefficient (Wildman–Crippen LogP) is 2.20. The molecule has 1 aliphatic rings. The van der Waals surface area contributed by atoms with Crippen molar-refractivity contribution in [1.29, 1.82) is 0 Å². The maximum Gasteiger partial charge on any atom is 0.268 e. The zero-order chi connectivity index (χ0) is 15.0. The first kappa shape index (κ1) is 13.2. The Kier molecular flexibility index (Phi) is 3.13. The third-order valence-corrected chi connectivity index (χ3v) is 3.22. The fourth-order valence-corrected chi connectivity index (χ4v) is 2.16. The molecular weight excluding hydrogens is 279 g/mol. The Morgan fingerprint density at radius 3 is 3.10 bits per heavy atom. The van der Waals surface area contributed by atoms with E-state index in [0.29, 0.717) is 5.52 Å². The first-order valence-electron chi connectivity index (χ1n) is 6.23. The Morgan fingerprint density at radius 1 is 1.57 bits per heavy atom. The molecule has 0 fully saturated rings. The number of nitrogens with zero attached hydrogens (tertiary/aromatic N) is 4. The van der Waals surface area contributed by atoms with Crippen LogP contribution in [0, 0.1) is 17.0 Å². The minimum atomic E-state index is -0.915. The number of halogens is 1. The van der Waals surface area contributed by atoms with Gasteiger partial charge in [-0.1, -0.05) is 0 Å². The van der Waals surface area contributed by atoms with E-state index in [-0.39, 0.29) is 18.0 Å². The van der Waals surface area contributed by atoms with E-state index < -0.39 is 16.9 Å². The third kappa shape index (κ3) is 2.35. The summed E-state index contributed by atoms with van der Waals surface area (Å²) >= 11 is 0. The van der Waals surface area contributed by atoms with Gasteiger partial charge in [0, 0.05) is 12.6 Å². The highest BCUT2D eigenvalue weighted by atomic mass is 19.1. The van der Waals surface area contributed by atoms with Gasteiger partial charge in [-0.2, -0.15) is 10.1 Å². The second-order valence-corrected chi connectivity index (χ2v) is 4.61. The van der Waals surface area contributed by atoms with Gasteiger partial charge in [-0.05, 0) is 24.6 Å². The van der Waals surface area contributed by atoms with Crippen LogP contribution in [0.25, 0.3) is 5.52 Å². The molecule has 108 valence electrons. The molecule has 2 aromatic heterocycles. The minimum Gasteiger partial charge on any atom is -0.465 e. The van der Waals surface area contributed by atoms with Gasteiger partial charge in [0.2, 0.25) is 5.88 Å². The SMILES string of the molecule is Cc1ccn2ncnc(OC3CC=C([N+](=O)[O-])C=C3F)c12. The highest BCUT2D eigenvalue weighted by Gasteiger charge is 2.26. The molecule has 7 nitrogen and oxygen atoms in total. The van der Waals surface area contributed by atoms with Crippen molar-refractivity contribution in [3.8, 4) is 5.88 Å². The first-order valence-corrected chi connectivity index (χ1v) is 6.23. The monoisotopic (exact) mass is 290 g/mol. The normalized spacial score (nSPS) is 18.3. The molecule has 1 atom stereocenters. The molecule has 0 N–H and O–H groups in total. The molecule has 2 aromatic rings. The molecule has 0 amide bonds. The summed E-state index contributed by atoms with van der Waals surface area (Å²) in [7, 11) is 0. The summed E-state index contributed by atoms with van der Waals surface area (Å²) in [6.07, 6.45) is 4.42. The van der Waals surface area contributed by atoms with Gasteiger partial charge in [-0.3, -0.25) is 10.1 Å². The number of hydrogen-bond acceptors (Lipinski definition) is 5. The number of allylic oxidation sites excluding steroid dienone is 1.